The van der Waals surface area contributed by atoms with E-state index in [1.807, 2.05) is 48.5 Å². The van der Waals surface area contributed by atoms with Crippen LogP contribution in [-0.4, -0.2) is 26.3 Å². The zero-order chi connectivity index (χ0) is 18.8. The molecule has 4 nitrogen and oxygen atoms in total. The largest absolute Gasteiger partial charge is 0.497 e. The molecular formula is C23H20O4. The summed E-state index contributed by atoms with van der Waals surface area (Å²) in [4.78, 5) is 12.0. The first-order valence-corrected chi connectivity index (χ1v) is 8.79. The highest BCUT2D eigenvalue weighted by molar-refractivity contribution is 5.84. The van der Waals surface area contributed by atoms with Gasteiger partial charge in [-0.05, 0) is 39.9 Å². The van der Waals surface area contributed by atoms with Crippen LogP contribution in [0, 0.1) is 0 Å². The average Bonchev–Trinajstić information content (AvgIpc) is 3.54. The molecule has 1 aliphatic rings. The second-order valence-corrected chi connectivity index (χ2v) is 6.36. The van der Waals surface area contributed by atoms with Gasteiger partial charge in [0.1, 0.15) is 11.9 Å². The van der Waals surface area contributed by atoms with Gasteiger partial charge in [0.15, 0.2) is 6.10 Å². The summed E-state index contributed by atoms with van der Waals surface area (Å²) in [6.45, 7) is 0. The number of hydrogen-bond acceptors (Lipinski definition) is 4. The number of carbonyl (C=O) groups excluding carboxylic acids is 1. The van der Waals surface area contributed by atoms with Gasteiger partial charge in [-0.1, -0.05) is 60.7 Å². The highest BCUT2D eigenvalue weighted by atomic mass is 16.6. The molecule has 0 unspecified atom stereocenters. The van der Waals surface area contributed by atoms with Gasteiger partial charge in [0.2, 0.25) is 0 Å². The van der Waals surface area contributed by atoms with Gasteiger partial charge in [-0.2, -0.15) is 0 Å². The van der Waals surface area contributed by atoms with Gasteiger partial charge in [-0.15, -0.1) is 0 Å². The van der Waals surface area contributed by atoms with E-state index in [1.54, 1.807) is 7.11 Å². The summed E-state index contributed by atoms with van der Waals surface area (Å²) >= 11 is 0. The van der Waals surface area contributed by atoms with E-state index < -0.39 is 6.10 Å². The summed E-state index contributed by atoms with van der Waals surface area (Å²) in [5, 5.41) is 0. The number of hydrogen-bond donors (Lipinski definition) is 0. The molecule has 0 bridgehead atoms. The third-order valence-corrected chi connectivity index (χ3v) is 4.80. The number of ether oxygens (including phenoxy) is 3. The molecule has 3 aromatic carbocycles. The second kappa shape index (κ2) is 7.25. The van der Waals surface area contributed by atoms with Crippen molar-refractivity contribution in [1.29, 1.82) is 0 Å². The summed E-state index contributed by atoms with van der Waals surface area (Å²) in [5.41, 5.74) is 5.23. The number of carbonyl (C=O) groups is 1. The normalized spacial score (nSPS) is 18.0. The van der Waals surface area contributed by atoms with Crippen LogP contribution in [0.15, 0.2) is 72.8 Å². The molecule has 3 aromatic rings. The van der Waals surface area contributed by atoms with Crippen molar-refractivity contribution in [2.75, 3.05) is 14.2 Å². The van der Waals surface area contributed by atoms with Crippen molar-refractivity contribution in [3.05, 3.63) is 78.4 Å². The molecule has 1 saturated heterocycles. The molecule has 0 aliphatic carbocycles. The van der Waals surface area contributed by atoms with E-state index in [9.17, 15) is 4.79 Å². The van der Waals surface area contributed by atoms with Gasteiger partial charge in [0.25, 0.3) is 0 Å². The lowest BCUT2D eigenvalue weighted by atomic mass is 9.89. The minimum absolute atomic E-state index is 0.314. The Hall–Kier alpha value is -3.11. The maximum absolute atomic E-state index is 12.0. The second-order valence-electron chi connectivity index (χ2n) is 6.36. The van der Waals surface area contributed by atoms with Crippen LogP contribution < -0.4 is 4.74 Å². The van der Waals surface area contributed by atoms with E-state index in [1.165, 1.54) is 7.11 Å². The Labute approximate surface area is 158 Å². The summed E-state index contributed by atoms with van der Waals surface area (Å²) in [5.74, 6) is 0.457. The van der Waals surface area contributed by atoms with E-state index in [0.29, 0.717) is 0 Å². The average molecular weight is 360 g/mol. The van der Waals surface area contributed by atoms with Crippen LogP contribution in [-0.2, 0) is 14.3 Å². The minimum Gasteiger partial charge on any atom is -0.497 e. The van der Waals surface area contributed by atoms with Crippen LogP contribution in [0.3, 0.4) is 0 Å². The van der Waals surface area contributed by atoms with Gasteiger partial charge >= 0.3 is 5.97 Å². The fourth-order valence-corrected chi connectivity index (χ4v) is 3.39. The molecule has 4 rings (SSSR count). The molecule has 1 fully saturated rings. The van der Waals surface area contributed by atoms with E-state index in [4.69, 9.17) is 14.2 Å². The Morgan fingerprint density at radius 2 is 1.44 bits per heavy atom. The van der Waals surface area contributed by atoms with Crippen molar-refractivity contribution in [1.82, 2.24) is 0 Å². The lowest BCUT2D eigenvalue weighted by Gasteiger charge is -2.14. The highest BCUT2D eigenvalue weighted by Gasteiger charge is 2.49. The lowest BCUT2D eigenvalue weighted by Crippen LogP contribution is -2.10. The topological polar surface area (TPSA) is 48.1 Å². The zero-order valence-electron chi connectivity index (χ0n) is 15.2. The molecule has 4 heteroatoms. The fraction of sp³-hybridized carbons (Fsp3) is 0.174. The third-order valence-electron chi connectivity index (χ3n) is 4.80. The Morgan fingerprint density at radius 1 is 0.815 bits per heavy atom. The molecule has 0 radical (unpaired) electrons. The van der Waals surface area contributed by atoms with Crippen molar-refractivity contribution >= 4 is 5.97 Å². The molecular weight excluding hydrogens is 340 g/mol. The number of benzene rings is 3. The molecule has 0 amide bonds. The fourth-order valence-electron chi connectivity index (χ4n) is 3.39. The number of epoxide rings is 1. The van der Waals surface area contributed by atoms with Crippen LogP contribution in [0.25, 0.3) is 22.3 Å². The van der Waals surface area contributed by atoms with Crippen molar-refractivity contribution in [3.63, 3.8) is 0 Å². The van der Waals surface area contributed by atoms with Crippen molar-refractivity contribution in [2.24, 2.45) is 0 Å². The Kier molecular flexibility index (Phi) is 4.65. The molecule has 0 spiro atoms. The minimum atomic E-state index is -0.558. The molecule has 0 aromatic heterocycles. The quantitative estimate of drug-likeness (QED) is 0.491. The Morgan fingerprint density at radius 3 is 2.04 bits per heavy atom. The van der Waals surface area contributed by atoms with Gasteiger partial charge in [0.05, 0.1) is 14.2 Å². The molecule has 136 valence electrons. The molecule has 0 saturated carbocycles. The van der Waals surface area contributed by atoms with E-state index in [-0.39, 0.29) is 12.1 Å². The first-order valence-electron chi connectivity index (χ1n) is 8.79. The van der Waals surface area contributed by atoms with Gasteiger partial charge in [-0.25, -0.2) is 4.79 Å². The monoisotopic (exact) mass is 360 g/mol. The maximum atomic E-state index is 12.0. The zero-order valence-corrected chi connectivity index (χ0v) is 15.2. The summed E-state index contributed by atoms with van der Waals surface area (Å²) in [6.07, 6.45) is -0.872. The first kappa shape index (κ1) is 17.3. The number of rotatable bonds is 5. The maximum Gasteiger partial charge on any atom is 0.338 e. The summed E-state index contributed by atoms with van der Waals surface area (Å²) < 4.78 is 15.9. The smallest absolute Gasteiger partial charge is 0.338 e. The van der Waals surface area contributed by atoms with E-state index in [2.05, 4.69) is 24.3 Å². The van der Waals surface area contributed by atoms with Gasteiger partial charge in [0, 0.05) is 0 Å². The predicted molar refractivity (Wildman–Crippen MR) is 103 cm³/mol. The number of esters is 1. The molecule has 2 atom stereocenters. The van der Waals surface area contributed by atoms with Crippen molar-refractivity contribution in [3.8, 4) is 28.0 Å². The standard InChI is InChI=1S/C23H20O4/c1-25-17-13-11-16(12-14-17)19-10-6-9-18(15-7-4-3-5-8-15)20(19)21-22(27-21)23(24)26-2/h3-14,21-22H,1-2H3/t21-,22+/m0/s1. The molecule has 0 N–H and O–H groups in total. The van der Waals surface area contributed by atoms with Crippen LogP contribution >= 0.6 is 0 Å². The Balaban J connectivity index is 1.85. The highest BCUT2D eigenvalue weighted by Crippen LogP contribution is 2.48. The van der Waals surface area contributed by atoms with Crippen molar-refractivity contribution < 1.29 is 19.0 Å². The SMILES string of the molecule is COC(=O)[C@@H]1O[C@H]1c1c(-c2ccccc2)cccc1-c1ccc(OC)cc1. The third kappa shape index (κ3) is 3.32. The number of methoxy groups -OCH3 is 2. The van der Waals surface area contributed by atoms with Crippen molar-refractivity contribution in [2.45, 2.75) is 12.2 Å². The van der Waals surface area contributed by atoms with Crippen LogP contribution in [0.4, 0.5) is 0 Å². The van der Waals surface area contributed by atoms with Crippen LogP contribution in [0.2, 0.25) is 0 Å². The Bertz CT molecular complexity index is 948. The van der Waals surface area contributed by atoms with Gasteiger partial charge in [-0.3, -0.25) is 0 Å². The molecule has 1 aliphatic heterocycles. The molecule has 1 heterocycles. The predicted octanol–water partition coefficient (Wildman–Crippen LogP) is 4.64. The van der Waals surface area contributed by atoms with Crippen LogP contribution in [0.1, 0.15) is 11.7 Å². The molecule has 27 heavy (non-hydrogen) atoms. The summed E-state index contributed by atoms with van der Waals surface area (Å²) in [7, 11) is 3.03. The lowest BCUT2D eigenvalue weighted by molar-refractivity contribution is -0.142. The first-order chi connectivity index (χ1) is 13.2. The van der Waals surface area contributed by atoms with Crippen LogP contribution in [0.5, 0.6) is 5.75 Å². The van der Waals surface area contributed by atoms with E-state index >= 15 is 0 Å². The van der Waals surface area contributed by atoms with Gasteiger partial charge < -0.3 is 14.2 Å². The summed E-state index contributed by atoms with van der Waals surface area (Å²) in [6, 6.07) is 24.2. The van der Waals surface area contributed by atoms with E-state index in [0.717, 1.165) is 33.6 Å².